The number of carbonyl (C=O) groups excluding carboxylic acids is 2. The van der Waals surface area contributed by atoms with Crippen LogP contribution < -0.4 is 14.8 Å². The number of sulfonamides is 1. The van der Waals surface area contributed by atoms with E-state index in [2.05, 4.69) is 17.0 Å². The smallest absolute Gasteiger partial charge is 0.266 e. The summed E-state index contributed by atoms with van der Waals surface area (Å²) < 4.78 is 33.9. The first-order chi connectivity index (χ1) is 18.4. The van der Waals surface area contributed by atoms with Crippen LogP contribution in [0.5, 0.6) is 5.75 Å². The van der Waals surface area contributed by atoms with E-state index in [1.54, 1.807) is 36.4 Å². The second-order valence-electron chi connectivity index (χ2n) is 9.15. The topological polar surface area (TPSA) is 102 Å². The standard InChI is InChI=1S/C30H36N2O5S/c1-2-3-4-5-6-7-11-21-29(33)32-38(35,36)28-20-13-12-19-27(28)31-30(34)25-17-14-18-26(22-25)37-23-24-15-9-8-10-16-24/h8-10,12-20,22H,2-7,11,21,23H2,1H3,(H,31,34)(H,32,33). The minimum atomic E-state index is -4.16. The fourth-order valence-electron chi connectivity index (χ4n) is 3.97. The molecule has 7 nitrogen and oxygen atoms in total. The van der Waals surface area contributed by atoms with Gasteiger partial charge in [0.25, 0.3) is 15.9 Å². The minimum Gasteiger partial charge on any atom is -0.489 e. The largest absolute Gasteiger partial charge is 0.489 e. The van der Waals surface area contributed by atoms with Gasteiger partial charge in [-0.15, -0.1) is 0 Å². The quantitative estimate of drug-likeness (QED) is 0.217. The van der Waals surface area contributed by atoms with Crippen LogP contribution in [0.15, 0.2) is 83.8 Å². The molecule has 2 N–H and O–H groups in total. The number of rotatable bonds is 15. The summed E-state index contributed by atoms with van der Waals surface area (Å²) in [4.78, 5) is 25.1. The Labute approximate surface area is 225 Å². The Morgan fingerprint density at radius 3 is 2.24 bits per heavy atom. The van der Waals surface area contributed by atoms with Gasteiger partial charge in [-0.2, -0.15) is 0 Å². The van der Waals surface area contributed by atoms with E-state index in [1.807, 2.05) is 30.3 Å². The highest BCUT2D eigenvalue weighted by molar-refractivity contribution is 7.90. The van der Waals surface area contributed by atoms with Crippen molar-refractivity contribution in [3.05, 3.63) is 90.0 Å². The van der Waals surface area contributed by atoms with Crippen LogP contribution in [0.1, 0.15) is 74.2 Å². The molecule has 0 spiro atoms. The maximum absolute atomic E-state index is 13.0. The Balaban J connectivity index is 1.58. The molecule has 0 bridgehead atoms. The summed E-state index contributed by atoms with van der Waals surface area (Å²) in [6.07, 6.45) is 7.39. The third-order valence-corrected chi connectivity index (χ3v) is 7.46. The Hall–Kier alpha value is -3.65. The number of hydrogen-bond acceptors (Lipinski definition) is 5. The molecule has 3 aromatic rings. The molecule has 3 aromatic carbocycles. The normalized spacial score (nSPS) is 11.1. The molecule has 0 aliphatic rings. The SMILES string of the molecule is CCCCCCCCCC(=O)NS(=O)(=O)c1ccccc1NC(=O)c1cccc(OCc2ccccc2)c1. The number of hydrogen-bond donors (Lipinski definition) is 2. The van der Waals surface area contributed by atoms with Crippen molar-refractivity contribution < 1.29 is 22.7 Å². The fourth-order valence-corrected chi connectivity index (χ4v) is 5.14. The lowest BCUT2D eigenvalue weighted by molar-refractivity contribution is -0.119. The molecular weight excluding hydrogens is 500 g/mol. The Kier molecular flexibility index (Phi) is 11.4. The van der Waals surface area contributed by atoms with Crippen molar-refractivity contribution in [2.24, 2.45) is 0 Å². The number of para-hydroxylation sites is 1. The molecule has 0 fully saturated rings. The van der Waals surface area contributed by atoms with E-state index < -0.39 is 21.8 Å². The average molecular weight is 537 g/mol. The number of unbranched alkanes of at least 4 members (excludes halogenated alkanes) is 6. The van der Waals surface area contributed by atoms with Gasteiger partial charge < -0.3 is 10.1 Å². The lowest BCUT2D eigenvalue weighted by Crippen LogP contribution is -2.31. The van der Waals surface area contributed by atoms with Crippen molar-refractivity contribution in [2.75, 3.05) is 5.32 Å². The number of ether oxygens (including phenoxy) is 1. The number of benzene rings is 3. The highest BCUT2D eigenvalue weighted by atomic mass is 32.2. The monoisotopic (exact) mass is 536 g/mol. The highest BCUT2D eigenvalue weighted by Gasteiger charge is 2.22. The molecule has 0 heterocycles. The van der Waals surface area contributed by atoms with Crippen LogP contribution in [0.3, 0.4) is 0 Å². The van der Waals surface area contributed by atoms with Crippen LogP contribution >= 0.6 is 0 Å². The third-order valence-electron chi connectivity index (χ3n) is 6.02. The van der Waals surface area contributed by atoms with Crippen molar-refractivity contribution in [3.8, 4) is 5.75 Å². The van der Waals surface area contributed by atoms with Gasteiger partial charge in [0.2, 0.25) is 5.91 Å². The van der Waals surface area contributed by atoms with Gasteiger partial charge in [0, 0.05) is 12.0 Å². The Morgan fingerprint density at radius 2 is 1.47 bits per heavy atom. The van der Waals surface area contributed by atoms with Gasteiger partial charge in [0.05, 0.1) is 5.69 Å². The fraction of sp³-hybridized carbons (Fsp3) is 0.333. The van der Waals surface area contributed by atoms with Crippen molar-refractivity contribution in [3.63, 3.8) is 0 Å². The molecule has 0 unspecified atom stereocenters. The van der Waals surface area contributed by atoms with Gasteiger partial charge in [0.1, 0.15) is 17.3 Å². The zero-order chi connectivity index (χ0) is 27.2. The number of carbonyl (C=O) groups is 2. The maximum atomic E-state index is 13.0. The molecule has 0 atom stereocenters. The molecule has 0 aliphatic heterocycles. The molecule has 38 heavy (non-hydrogen) atoms. The summed E-state index contributed by atoms with van der Waals surface area (Å²) in [7, 11) is -4.16. The first-order valence-corrected chi connectivity index (χ1v) is 14.6. The van der Waals surface area contributed by atoms with Gasteiger partial charge >= 0.3 is 0 Å². The van der Waals surface area contributed by atoms with Crippen LogP contribution in [-0.4, -0.2) is 20.2 Å². The third kappa shape index (κ3) is 9.34. The Morgan fingerprint density at radius 1 is 0.789 bits per heavy atom. The highest BCUT2D eigenvalue weighted by Crippen LogP contribution is 2.23. The summed E-state index contributed by atoms with van der Waals surface area (Å²) in [6, 6.07) is 22.3. The Bertz CT molecular complexity index is 1290. The van der Waals surface area contributed by atoms with Crippen molar-refractivity contribution >= 4 is 27.5 Å². The van der Waals surface area contributed by atoms with Gasteiger partial charge in [0.15, 0.2) is 0 Å². The van der Waals surface area contributed by atoms with E-state index >= 15 is 0 Å². The molecule has 0 aliphatic carbocycles. The second-order valence-corrected chi connectivity index (χ2v) is 10.8. The molecule has 0 aromatic heterocycles. The maximum Gasteiger partial charge on any atom is 0.266 e. The number of amides is 2. The summed E-state index contributed by atoms with van der Waals surface area (Å²) in [5.74, 6) is -0.532. The zero-order valence-electron chi connectivity index (χ0n) is 21.8. The van der Waals surface area contributed by atoms with Gasteiger partial charge in [-0.1, -0.05) is 94.0 Å². The minimum absolute atomic E-state index is 0.0873. The summed E-state index contributed by atoms with van der Waals surface area (Å²) in [5.41, 5.74) is 1.39. The molecule has 0 saturated carbocycles. The van der Waals surface area contributed by atoms with Crippen molar-refractivity contribution in [1.29, 1.82) is 0 Å². The summed E-state index contributed by atoms with van der Waals surface area (Å²) in [5, 5.41) is 2.66. The van der Waals surface area contributed by atoms with Crippen LogP contribution in [0.4, 0.5) is 5.69 Å². The molecule has 3 rings (SSSR count). The second kappa shape index (κ2) is 14.9. The first-order valence-electron chi connectivity index (χ1n) is 13.1. The van der Waals surface area contributed by atoms with Crippen molar-refractivity contribution in [2.45, 2.75) is 69.8 Å². The number of anilines is 1. The van der Waals surface area contributed by atoms with Gasteiger partial charge in [-0.05, 0) is 42.3 Å². The van der Waals surface area contributed by atoms with E-state index in [-0.39, 0.29) is 17.0 Å². The average Bonchev–Trinajstić information content (AvgIpc) is 2.92. The van der Waals surface area contributed by atoms with E-state index in [4.69, 9.17) is 4.74 Å². The van der Waals surface area contributed by atoms with Crippen LogP contribution in [0, 0.1) is 0 Å². The predicted molar refractivity (Wildman–Crippen MR) is 150 cm³/mol. The van der Waals surface area contributed by atoms with E-state index in [0.717, 1.165) is 24.8 Å². The predicted octanol–water partition coefficient (Wildman–Crippen LogP) is 6.46. The lowest BCUT2D eigenvalue weighted by atomic mass is 10.1. The van der Waals surface area contributed by atoms with Crippen LogP contribution in [-0.2, 0) is 21.4 Å². The number of nitrogens with one attached hydrogen (secondary N) is 2. The summed E-state index contributed by atoms with van der Waals surface area (Å²) >= 11 is 0. The lowest BCUT2D eigenvalue weighted by Gasteiger charge is -2.13. The first kappa shape index (κ1) is 28.9. The van der Waals surface area contributed by atoms with E-state index in [1.165, 1.54) is 31.4 Å². The zero-order valence-corrected chi connectivity index (χ0v) is 22.6. The molecule has 8 heteroatoms. The van der Waals surface area contributed by atoms with Gasteiger partial charge in [-0.25, -0.2) is 13.1 Å². The summed E-state index contributed by atoms with van der Waals surface area (Å²) in [6.45, 7) is 2.51. The van der Waals surface area contributed by atoms with Crippen LogP contribution in [0.2, 0.25) is 0 Å². The molecule has 202 valence electrons. The van der Waals surface area contributed by atoms with E-state index in [0.29, 0.717) is 24.3 Å². The van der Waals surface area contributed by atoms with E-state index in [9.17, 15) is 18.0 Å². The molecule has 0 saturated heterocycles. The van der Waals surface area contributed by atoms with Crippen molar-refractivity contribution in [1.82, 2.24) is 4.72 Å². The molecule has 2 amide bonds. The molecular formula is C30H36N2O5S. The van der Waals surface area contributed by atoms with Gasteiger partial charge in [-0.3, -0.25) is 9.59 Å². The molecule has 0 radical (unpaired) electrons. The van der Waals surface area contributed by atoms with Crippen LogP contribution in [0.25, 0.3) is 0 Å².